The standard InChI is InChI=1S/C18H21N3O3S2/c22-18(11-15-12-25-13-19-15)21-9-3-4-14-10-16(5-6-17(14)21)26(23,24)20-7-1-2-8-20/h5-6,10,12-13H,1-4,7-9,11H2. The van der Waals surface area contributed by atoms with E-state index >= 15 is 0 Å². The molecule has 26 heavy (non-hydrogen) atoms. The zero-order valence-electron chi connectivity index (χ0n) is 14.4. The number of aromatic nitrogens is 1. The van der Waals surface area contributed by atoms with Gasteiger partial charge in [0.15, 0.2) is 0 Å². The van der Waals surface area contributed by atoms with Crippen LogP contribution in [0, 0.1) is 0 Å². The van der Waals surface area contributed by atoms with E-state index in [1.807, 2.05) is 5.38 Å². The number of amides is 1. The number of carbonyl (C=O) groups is 1. The summed E-state index contributed by atoms with van der Waals surface area (Å²) in [5.74, 6) is 0.00648. The zero-order chi connectivity index (χ0) is 18.1. The van der Waals surface area contributed by atoms with Gasteiger partial charge in [0.25, 0.3) is 0 Å². The molecule has 6 nitrogen and oxygen atoms in total. The average Bonchev–Trinajstić information content (AvgIpc) is 3.34. The van der Waals surface area contributed by atoms with E-state index in [2.05, 4.69) is 4.98 Å². The summed E-state index contributed by atoms with van der Waals surface area (Å²) in [5.41, 5.74) is 4.27. The van der Waals surface area contributed by atoms with Gasteiger partial charge in [-0.05, 0) is 49.4 Å². The van der Waals surface area contributed by atoms with Gasteiger partial charge in [0.2, 0.25) is 15.9 Å². The van der Waals surface area contributed by atoms with Crippen LogP contribution in [0.25, 0.3) is 0 Å². The maximum atomic E-state index is 12.8. The highest BCUT2D eigenvalue weighted by molar-refractivity contribution is 7.89. The van der Waals surface area contributed by atoms with Crippen LogP contribution >= 0.6 is 11.3 Å². The molecular weight excluding hydrogens is 370 g/mol. The summed E-state index contributed by atoms with van der Waals surface area (Å²) in [4.78, 5) is 19.0. The molecule has 1 fully saturated rings. The highest BCUT2D eigenvalue weighted by Gasteiger charge is 2.29. The lowest BCUT2D eigenvalue weighted by Crippen LogP contribution is -2.37. The van der Waals surface area contributed by atoms with Gasteiger partial charge in [0.1, 0.15) is 0 Å². The van der Waals surface area contributed by atoms with E-state index in [9.17, 15) is 13.2 Å². The molecule has 2 aliphatic heterocycles. The van der Waals surface area contributed by atoms with Crippen LogP contribution in [-0.4, -0.2) is 43.2 Å². The van der Waals surface area contributed by atoms with Crippen molar-refractivity contribution >= 4 is 33.0 Å². The van der Waals surface area contributed by atoms with Crippen molar-refractivity contribution in [3.05, 3.63) is 40.3 Å². The van der Waals surface area contributed by atoms with Crippen LogP contribution in [0.1, 0.15) is 30.5 Å². The van der Waals surface area contributed by atoms with Crippen molar-refractivity contribution in [3.63, 3.8) is 0 Å². The number of hydrogen-bond acceptors (Lipinski definition) is 5. The first kappa shape index (κ1) is 17.6. The van der Waals surface area contributed by atoms with Gasteiger partial charge in [0, 0.05) is 30.7 Å². The number of fused-ring (bicyclic) bond motifs is 1. The lowest BCUT2D eigenvalue weighted by molar-refractivity contribution is -0.118. The number of rotatable bonds is 4. The Hall–Kier alpha value is -1.77. The predicted molar refractivity (Wildman–Crippen MR) is 101 cm³/mol. The predicted octanol–water partition coefficient (Wildman–Crippen LogP) is 2.45. The van der Waals surface area contributed by atoms with Gasteiger partial charge in [-0.2, -0.15) is 4.31 Å². The molecule has 1 aromatic heterocycles. The van der Waals surface area contributed by atoms with E-state index in [0.29, 0.717) is 24.5 Å². The van der Waals surface area contributed by atoms with Crippen molar-refractivity contribution in [3.8, 4) is 0 Å². The van der Waals surface area contributed by atoms with E-state index in [0.717, 1.165) is 42.6 Å². The second-order valence-corrected chi connectivity index (χ2v) is 9.36. The van der Waals surface area contributed by atoms with Crippen molar-refractivity contribution in [1.82, 2.24) is 9.29 Å². The molecular formula is C18H21N3O3S2. The normalized spacial score (nSPS) is 18.1. The molecule has 0 bridgehead atoms. The Balaban J connectivity index is 1.60. The number of sulfonamides is 1. The van der Waals surface area contributed by atoms with Crippen LogP contribution in [0.15, 0.2) is 34.0 Å². The Bertz CT molecular complexity index is 904. The molecule has 138 valence electrons. The number of aryl methyl sites for hydroxylation is 1. The molecule has 0 atom stereocenters. The van der Waals surface area contributed by atoms with E-state index < -0.39 is 10.0 Å². The van der Waals surface area contributed by atoms with Crippen molar-refractivity contribution in [2.75, 3.05) is 24.5 Å². The minimum absolute atomic E-state index is 0.00648. The van der Waals surface area contributed by atoms with Gasteiger partial charge in [-0.3, -0.25) is 4.79 Å². The van der Waals surface area contributed by atoms with E-state index in [-0.39, 0.29) is 12.3 Å². The van der Waals surface area contributed by atoms with Crippen molar-refractivity contribution in [2.45, 2.75) is 37.0 Å². The van der Waals surface area contributed by atoms with Crippen LogP contribution in [-0.2, 0) is 27.7 Å². The minimum Gasteiger partial charge on any atom is -0.312 e. The Labute approximate surface area is 157 Å². The van der Waals surface area contributed by atoms with Gasteiger partial charge < -0.3 is 4.90 Å². The Kier molecular flexibility index (Phi) is 4.81. The second kappa shape index (κ2) is 7.09. The summed E-state index contributed by atoms with van der Waals surface area (Å²) in [5, 5.41) is 1.88. The van der Waals surface area contributed by atoms with Gasteiger partial charge in [0.05, 0.1) is 22.5 Å². The topological polar surface area (TPSA) is 70.6 Å². The van der Waals surface area contributed by atoms with Gasteiger partial charge in [-0.25, -0.2) is 13.4 Å². The third kappa shape index (κ3) is 3.28. The smallest absolute Gasteiger partial charge is 0.243 e. The first-order valence-electron chi connectivity index (χ1n) is 8.86. The van der Waals surface area contributed by atoms with E-state index in [4.69, 9.17) is 0 Å². The van der Waals surface area contributed by atoms with E-state index in [1.165, 1.54) is 11.3 Å². The molecule has 1 amide bonds. The fraction of sp³-hybridized carbons (Fsp3) is 0.444. The van der Waals surface area contributed by atoms with Crippen molar-refractivity contribution in [2.24, 2.45) is 0 Å². The van der Waals surface area contributed by atoms with Crippen LogP contribution < -0.4 is 4.90 Å². The molecule has 3 heterocycles. The van der Waals surface area contributed by atoms with Gasteiger partial charge in [-0.1, -0.05) is 0 Å². The summed E-state index contributed by atoms with van der Waals surface area (Å²) >= 11 is 1.48. The number of nitrogens with zero attached hydrogens (tertiary/aromatic N) is 3. The summed E-state index contributed by atoms with van der Waals surface area (Å²) in [6, 6.07) is 5.18. The number of hydrogen-bond donors (Lipinski definition) is 0. The Morgan fingerprint density at radius 1 is 1.15 bits per heavy atom. The molecule has 1 aromatic carbocycles. The Morgan fingerprint density at radius 2 is 1.96 bits per heavy atom. The van der Waals surface area contributed by atoms with Crippen molar-refractivity contribution in [1.29, 1.82) is 0 Å². The number of benzene rings is 1. The molecule has 0 spiro atoms. The zero-order valence-corrected chi connectivity index (χ0v) is 16.1. The third-order valence-electron chi connectivity index (χ3n) is 4.99. The second-order valence-electron chi connectivity index (χ2n) is 6.71. The quantitative estimate of drug-likeness (QED) is 0.803. The highest BCUT2D eigenvalue weighted by Crippen LogP contribution is 2.31. The molecule has 0 unspecified atom stereocenters. The minimum atomic E-state index is -3.43. The maximum Gasteiger partial charge on any atom is 0.243 e. The van der Waals surface area contributed by atoms with Crippen LogP contribution in [0.3, 0.4) is 0 Å². The summed E-state index contributed by atoms with van der Waals surface area (Å²) in [7, 11) is -3.43. The summed E-state index contributed by atoms with van der Waals surface area (Å²) in [6.07, 6.45) is 3.74. The SMILES string of the molecule is O=C(Cc1cscn1)N1CCCc2cc(S(=O)(=O)N3CCCC3)ccc21. The van der Waals surface area contributed by atoms with Gasteiger partial charge in [-0.15, -0.1) is 11.3 Å². The maximum absolute atomic E-state index is 12.8. The van der Waals surface area contributed by atoms with Crippen molar-refractivity contribution < 1.29 is 13.2 Å². The molecule has 4 rings (SSSR count). The van der Waals surface area contributed by atoms with Crippen LogP contribution in [0.2, 0.25) is 0 Å². The third-order valence-corrected chi connectivity index (χ3v) is 7.52. The number of anilines is 1. The largest absolute Gasteiger partial charge is 0.312 e. The fourth-order valence-corrected chi connectivity index (χ4v) is 5.77. The number of thiazole rings is 1. The van der Waals surface area contributed by atoms with E-state index in [1.54, 1.807) is 32.9 Å². The monoisotopic (exact) mass is 391 g/mol. The van der Waals surface area contributed by atoms with Crippen LogP contribution in [0.4, 0.5) is 5.69 Å². The van der Waals surface area contributed by atoms with Crippen LogP contribution in [0.5, 0.6) is 0 Å². The molecule has 2 aliphatic rings. The average molecular weight is 392 g/mol. The molecule has 0 N–H and O–H groups in total. The summed E-state index contributed by atoms with van der Waals surface area (Å²) in [6.45, 7) is 1.85. The molecule has 8 heteroatoms. The molecule has 0 saturated carbocycles. The Morgan fingerprint density at radius 3 is 2.69 bits per heavy atom. The highest BCUT2D eigenvalue weighted by atomic mass is 32.2. The first-order chi connectivity index (χ1) is 12.6. The lowest BCUT2D eigenvalue weighted by Gasteiger charge is -2.30. The van der Waals surface area contributed by atoms with Gasteiger partial charge >= 0.3 is 0 Å². The molecule has 0 aliphatic carbocycles. The molecule has 2 aromatic rings. The lowest BCUT2D eigenvalue weighted by atomic mass is 10.0. The summed E-state index contributed by atoms with van der Waals surface area (Å²) < 4.78 is 27.1. The first-order valence-corrected chi connectivity index (χ1v) is 11.2. The fourth-order valence-electron chi connectivity index (χ4n) is 3.65. The number of carbonyl (C=O) groups excluding carboxylic acids is 1. The molecule has 0 radical (unpaired) electrons. The molecule has 1 saturated heterocycles.